The van der Waals surface area contributed by atoms with Crippen molar-refractivity contribution in [1.29, 1.82) is 0 Å². The number of aromatic nitrogens is 3. The average molecular weight is 344 g/mol. The molecule has 0 saturated carbocycles. The molecule has 7 nitrogen and oxygen atoms in total. The largest absolute Gasteiger partial charge is 0.480 e. The maximum Gasteiger partial charge on any atom is 0.260 e. The van der Waals surface area contributed by atoms with E-state index in [1.54, 1.807) is 18.3 Å². The lowest BCUT2D eigenvalue weighted by Gasteiger charge is -2.34. The van der Waals surface area contributed by atoms with Crippen molar-refractivity contribution >= 4 is 5.91 Å². The minimum atomic E-state index is -0.105. The number of carbonyl (C=O) groups excluding carboxylic acids is 1. The van der Waals surface area contributed by atoms with Crippen LogP contribution in [0.4, 0.5) is 0 Å². The first-order valence-corrected chi connectivity index (χ1v) is 8.59. The summed E-state index contributed by atoms with van der Waals surface area (Å²) in [5.74, 6) is 1.18. The van der Waals surface area contributed by atoms with Gasteiger partial charge in [-0.2, -0.15) is 0 Å². The number of carbonyl (C=O) groups is 1. The highest BCUT2D eigenvalue weighted by molar-refractivity contribution is 5.96. The lowest BCUT2D eigenvalue weighted by atomic mass is 10.1. The van der Waals surface area contributed by atoms with Crippen molar-refractivity contribution in [3.8, 4) is 5.88 Å². The second-order valence-corrected chi connectivity index (χ2v) is 5.94. The summed E-state index contributed by atoms with van der Waals surface area (Å²) < 4.78 is 12.9. The Hall–Kier alpha value is -2.41. The molecule has 7 heteroatoms. The Morgan fingerprint density at radius 1 is 1.36 bits per heavy atom. The molecule has 2 aromatic rings. The molecule has 0 bridgehead atoms. The molecule has 1 aliphatic rings. The van der Waals surface area contributed by atoms with Crippen molar-refractivity contribution in [3.05, 3.63) is 41.6 Å². The molecule has 0 fully saturated rings. The van der Waals surface area contributed by atoms with E-state index in [1.165, 1.54) is 7.11 Å². The van der Waals surface area contributed by atoms with Crippen LogP contribution < -0.4 is 4.74 Å². The third-order valence-corrected chi connectivity index (χ3v) is 4.54. The third kappa shape index (κ3) is 3.37. The quantitative estimate of drug-likeness (QED) is 0.751. The summed E-state index contributed by atoms with van der Waals surface area (Å²) in [5, 5.41) is 0. The molecule has 3 heterocycles. The minimum Gasteiger partial charge on any atom is -0.480 e. The third-order valence-electron chi connectivity index (χ3n) is 4.54. The van der Waals surface area contributed by atoms with Gasteiger partial charge in [0.25, 0.3) is 5.91 Å². The Balaban J connectivity index is 1.80. The number of methoxy groups -OCH3 is 1. The SMILES string of the molecule is CCOCCc1cnc2n1CCN(C(=O)c1cccnc1OC)C2C. The Kier molecular flexibility index (Phi) is 5.33. The molecule has 134 valence electrons. The first-order valence-electron chi connectivity index (χ1n) is 8.59. The zero-order chi connectivity index (χ0) is 17.8. The maximum absolute atomic E-state index is 13.0. The summed E-state index contributed by atoms with van der Waals surface area (Å²) in [6, 6.07) is 3.39. The molecule has 0 saturated heterocycles. The second kappa shape index (κ2) is 7.65. The van der Waals surface area contributed by atoms with Crippen LogP contribution in [-0.4, -0.2) is 52.2 Å². The van der Waals surface area contributed by atoms with E-state index >= 15 is 0 Å². The van der Waals surface area contributed by atoms with Gasteiger partial charge in [0.15, 0.2) is 0 Å². The fourth-order valence-corrected chi connectivity index (χ4v) is 3.23. The highest BCUT2D eigenvalue weighted by atomic mass is 16.5. The molecule has 1 atom stereocenters. The van der Waals surface area contributed by atoms with E-state index in [2.05, 4.69) is 14.5 Å². The van der Waals surface area contributed by atoms with Gasteiger partial charge in [0.1, 0.15) is 11.4 Å². The topological polar surface area (TPSA) is 69.5 Å². The van der Waals surface area contributed by atoms with Gasteiger partial charge >= 0.3 is 0 Å². The fourth-order valence-electron chi connectivity index (χ4n) is 3.23. The van der Waals surface area contributed by atoms with Gasteiger partial charge in [-0.05, 0) is 26.0 Å². The summed E-state index contributed by atoms with van der Waals surface area (Å²) in [5.41, 5.74) is 1.63. The number of hydrogen-bond donors (Lipinski definition) is 0. The van der Waals surface area contributed by atoms with Gasteiger partial charge in [-0.15, -0.1) is 0 Å². The van der Waals surface area contributed by atoms with E-state index in [1.807, 2.05) is 24.9 Å². The highest BCUT2D eigenvalue weighted by Gasteiger charge is 2.32. The lowest BCUT2D eigenvalue weighted by Crippen LogP contribution is -2.41. The number of fused-ring (bicyclic) bond motifs is 1. The van der Waals surface area contributed by atoms with Gasteiger partial charge in [0.05, 0.1) is 19.8 Å². The average Bonchev–Trinajstić information content (AvgIpc) is 3.06. The summed E-state index contributed by atoms with van der Waals surface area (Å²) in [6.07, 6.45) is 4.34. The van der Waals surface area contributed by atoms with Crippen LogP contribution in [0.15, 0.2) is 24.5 Å². The van der Waals surface area contributed by atoms with Crippen LogP contribution >= 0.6 is 0 Å². The Morgan fingerprint density at radius 3 is 2.96 bits per heavy atom. The fraction of sp³-hybridized carbons (Fsp3) is 0.500. The van der Waals surface area contributed by atoms with Crippen molar-refractivity contribution in [2.24, 2.45) is 0 Å². The van der Waals surface area contributed by atoms with Crippen LogP contribution in [0.25, 0.3) is 0 Å². The Bertz CT molecular complexity index is 744. The highest BCUT2D eigenvalue weighted by Crippen LogP contribution is 2.28. The van der Waals surface area contributed by atoms with Gasteiger partial charge in [0, 0.05) is 44.2 Å². The zero-order valence-corrected chi connectivity index (χ0v) is 14.9. The molecular formula is C18H24N4O3. The Morgan fingerprint density at radius 2 is 2.20 bits per heavy atom. The van der Waals surface area contributed by atoms with Crippen molar-refractivity contribution in [2.75, 3.05) is 26.9 Å². The molecule has 0 aliphatic carbocycles. The summed E-state index contributed by atoms with van der Waals surface area (Å²) in [7, 11) is 1.52. The molecule has 0 radical (unpaired) electrons. The minimum absolute atomic E-state index is 0.0810. The summed E-state index contributed by atoms with van der Waals surface area (Å²) >= 11 is 0. The van der Waals surface area contributed by atoms with Crippen LogP contribution in [-0.2, 0) is 17.7 Å². The van der Waals surface area contributed by atoms with Crippen molar-refractivity contribution in [2.45, 2.75) is 32.9 Å². The molecule has 3 rings (SSSR count). The number of amides is 1. The van der Waals surface area contributed by atoms with E-state index in [0.717, 1.165) is 24.5 Å². The van der Waals surface area contributed by atoms with Crippen LogP contribution in [0.5, 0.6) is 5.88 Å². The smallest absolute Gasteiger partial charge is 0.260 e. The predicted molar refractivity (Wildman–Crippen MR) is 92.7 cm³/mol. The standard InChI is InChI=1S/C18H24N4O3/c1-4-25-11-7-14-12-20-16-13(2)21(9-10-22(14)16)18(23)15-6-5-8-19-17(15)24-3/h5-6,8,12-13H,4,7,9-11H2,1-3H3. The predicted octanol–water partition coefficient (Wildman–Crippen LogP) is 2.08. The van der Waals surface area contributed by atoms with Crippen LogP contribution in [0.1, 0.15) is 41.8 Å². The summed E-state index contributed by atoms with van der Waals surface area (Å²) in [4.78, 5) is 23.5. The van der Waals surface area contributed by atoms with E-state index in [9.17, 15) is 4.79 Å². The van der Waals surface area contributed by atoms with Crippen molar-refractivity contribution in [1.82, 2.24) is 19.4 Å². The van der Waals surface area contributed by atoms with Crippen LogP contribution in [0.3, 0.4) is 0 Å². The van der Waals surface area contributed by atoms with Gasteiger partial charge in [-0.1, -0.05) is 0 Å². The maximum atomic E-state index is 13.0. The number of rotatable bonds is 6. The molecular weight excluding hydrogens is 320 g/mol. The number of pyridine rings is 1. The van der Waals surface area contributed by atoms with Gasteiger partial charge in [-0.25, -0.2) is 9.97 Å². The van der Waals surface area contributed by atoms with E-state index < -0.39 is 0 Å². The molecule has 1 aliphatic heterocycles. The molecule has 2 aromatic heterocycles. The van der Waals surface area contributed by atoms with E-state index in [4.69, 9.17) is 9.47 Å². The zero-order valence-electron chi connectivity index (χ0n) is 14.9. The number of ether oxygens (including phenoxy) is 2. The van der Waals surface area contributed by atoms with Crippen LogP contribution in [0.2, 0.25) is 0 Å². The number of hydrogen-bond acceptors (Lipinski definition) is 5. The molecule has 25 heavy (non-hydrogen) atoms. The lowest BCUT2D eigenvalue weighted by molar-refractivity contribution is 0.0631. The van der Waals surface area contributed by atoms with Gasteiger partial charge in [-0.3, -0.25) is 4.79 Å². The first kappa shape index (κ1) is 17.4. The normalized spacial score (nSPS) is 16.6. The van der Waals surface area contributed by atoms with Crippen molar-refractivity contribution < 1.29 is 14.3 Å². The monoisotopic (exact) mass is 344 g/mol. The number of imidazole rings is 1. The number of nitrogens with zero attached hydrogens (tertiary/aromatic N) is 4. The van der Waals surface area contributed by atoms with E-state index in [0.29, 0.717) is 31.2 Å². The van der Waals surface area contributed by atoms with Gasteiger partial charge < -0.3 is 18.9 Å². The molecule has 1 amide bonds. The molecule has 0 N–H and O–H groups in total. The van der Waals surface area contributed by atoms with Gasteiger partial charge in [0.2, 0.25) is 5.88 Å². The van der Waals surface area contributed by atoms with E-state index in [-0.39, 0.29) is 11.9 Å². The Labute approximate surface area is 147 Å². The van der Waals surface area contributed by atoms with Crippen LogP contribution in [0, 0.1) is 0 Å². The summed E-state index contributed by atoms with van der Waals surface area (Å²) in [6.45, 7) is 6.76. The first-order chi connectivity index (χ1) is 12.2. The molecule has 0 aromatic carbocycles. The van der Waals surface area contributed by atoms with Crippen molar-refractivity contribution in [3.63, 3.8) is 0 Å². The molecule has 1 unspecified atom stereocenters. The molecule has 0 spiro atoms. The second-order valence-electron chi connectivity index (χ2n) is 5.94.